The van der Waals surface area contributed by atoms with Crippen molar-refractivity contribution in [3.05, 3.63) is 53.6 Å². The number of halogens is 1. The summed E-state index contributed by atoms with van der Waals surface area (Å²) in [6.45, 7) is 3.35. The maximum atomic E-state index is 6.02. The molecular formula is C20H27ClN2S2. The van der Waals surface area contributed by atoms with Crippen molar-refractivity contribution in [1.29, 1.82) is 0 Å². The molecule has 2 atom stereocenters. The molecule has 1 fully saturated rings. The van der Waals surface area contributed by atoms with E-state index in [9.17, 15) is 0 Å². The highest BCUT2D eigenvalue weighted by atomic mass is 35.5. The van der Waals surface area contributed by atoms with Crippen molar-refractivity contribution in [2.75, 3.05) is 5.75 Å². The molecule has 0 aliphatic carbocycles. The van der Waals surface area contributed by atoms with E-state index < -0.39 is 0 Å². The van der Waals surface area contributed by atoms with Crippen LogP contribution in [0, 0.1) is 0 Å². The third-order valence-electron chi connectivity index (χ3n) is 4.81. The normalized spacial score (nSPS) is 23.2. The molecule has 0 spiro atoms. The highest BCUT2D eigenvalue weighted by Gasteiger charge is 2.39. The smallest absolute Gasteiger partial charge is 0.0945 e. The minimum atomic E-state index is 0.336. The maximum absolute atomic E-state index is 6.02. The van der Waals surface area contributed by atoms with Gasteiger partial charge in [0.1, 0.15) is 0 Å². The van der Waals surface area contributed by atoms with E-state index in [1.165, 1.54) is 43.4 Å². The molecule has 1 aromatic heterocycles. The number of unbranched alkanes of at least 4 members (excludes halogenated alkanes) is 1. The van der Waals surface area contributed by atoms with E-state index in [1.54, 1.807) is 0 Å². The van der Waals surface area contributed by atoms with Crippen LogP contribution in [-0.4, -0.2) is 24.6 Å². The van der Waals surface area contributed by atoms with Crippen molar-refractivity contribution < 1.29 is 0 Å². The Morgan fingerprint density at radius 3 is 2.84 bits per heavy atom. The molecule has 1 aliphatic rings. The van der Waals surface area contributed by atoms with Gasteiger partial charge in [0.15, 0.2) is 0 Å². The Labute approximate surface area is 165 Å². The fourth-order valence-electron chi connectivity index (χ4n) is 3.28. The zero-order valence-electron chi connectivity index (χ0n) is 14.9. The summed E-state index contributed by atoms with van der Waals surface area (Å²) in [5.41, 5.74) is 1.39. The average molecular weight is 395 g/mol. The van der Waals surface area contributed by atoms with Crippen molar-refractivity contribution in [1.82, 2.24) is 9.55 Å². The summed E-state index contributed by atoms with van der Waals surface area (Å²) in [6, 6.07) is 8.36. The van der Waals surface area contributed by atoms with Crippen LogP contribution in [0.4, 0.5) is 0 Å². The predicted molar refractivity (Wildman–Crippen MR) is 113 cm³/mol. The first-order chi connectivity index (χ1) is 12.2. The second kappa shape index (κ2) is 9.38. The lowest BCUT2D eigenvalue weighted by Gasteiger charge is -2.28. The molecular weight excluding hydrogens is 368 g/mol. The number of benzene rings is 1. The summed E-state index contributed by atoms with van der Waals surface area (Å²) in [6.07, 6.45) is 13.5. The second-order valence-corrected chi connectivity index (χ2v) is 10.6. The third kappa shape index (κ3) is 5.70. The number of rotatable bonds is 9. The number of hydrogen-bond acceptors (Lipinski definition) is 3. The molecule has 5 heteroatoms. The average Bonchev–Trinajstić information content (AvgIpc) is 3.28. The minimum absolute atomic E-state index is 0.336. The third-order valence-corrected chi connectivity index (χ3v) is 8.99. The highest BCUT2D eigenvalue weighted by Crippen LogP contribution is 2.54. The van der Waals surface area contributed by atoms with Crippen LogP contribution in [0.5, 0.6) is 0 Å². The summed E-state index contributed by atoms with van der Waals surface area (Å²) in [7, 11) is 0. The van der Waals surface area contributed by atoms with Gasteiger partial charge in [-0.25, -0.2) is 4.98 Å². The number of nitrogens with zero attached hydrogens (tertiary/aromatic N) is 2. The lowest BCUT2D eigenvalue weighted by Crippen LogP contribution is -2.21. The van der Waals surface area contributed by atoms with Crippen LogP contribution in [0.2, 0.25) is 5.02 Å². The molecule has 0 N–H and O–H groups in total. The monoisotopic (exact) mass is 394 g/mol. The van der Waals surface area contributed by atoms with Gasteiger partial charge in [-0.2, -0.15) is 0 Å². The Morgan fingerprint density at radius 2 is 2.12 bits per heavy atom. The number of imidazole rings is 1. The first-order valence-electron chi connectivity index (χ1n) is 9.21. The van der Waals surface area contributed by atoms with Crippen molar-refractivity contribution in [3.63, 3.8) is 0 Å². The quantitative estimate of drug-likeness (QED) is 0.497. The Bertz CT molecular complexity index is 630. The van der Waals surface area contributed by atoms with Crippen LogP contribution in [0.15, 0.2) is 43.0 Å². The molecule has 0 bridgehead atoms. The summed E-state index contributed by atoms with van der Waals surface area (Å²) < 4.78 is 2.55. The van der Waals surface area contributed by atoms with E-state index in [4.69, 9.17) is 11.6 Å². The summed E-state index contributed by atoms with van der Waals surface area (Å²) >= 11 is 10.5. The van der Waals surface area contributed by atoms with Gasteiger partial charge >= 0.3 is 0 Å². The van der Waals surface area contributed by atoms with Gasteiger partial charge in [0.2, 0.25) is 0 Å². The van der Waals surface area contributed by atoms with Crippen LogP contribution >= 0.6 is 35.1 Å². The van der Waals surface area contributed by atoms with Gasteiger partial charge in [-0.3, -0.25) is 0 Å². The van der Waals surface area contributed by atoms with Gasteiger partial charge < -0.3 is 4.57 Å². The fraction of sp³-hybridized carbons (Fsp3) is 0.550. The van der Waals surface area contributed by atoms with Crippen LogP contribution in [0.3, 0.4) is 0 Å². The van der Waals surface area contributed by atoms with Crippen LogP contribution in [-0.2, 0) is 13.0 Å². The molecule has 25 heavy (non-hydrogen) atoms. The zero-order valence-corrected chi connectivity index (χ0v) is 17.3. The molecule has 1 aliphatic heterocycles. The lowest BCUT2D eigenvalue weighted by molar-refractivity contribution is 0.573. The number of aryl methyl sites for hydroxylation is 2. The van der Waals surface area contributed by atoms with Crippen molar-refractivity contribution >= 4 is 35.1 Å². The van der Waals surface area contributed by atoms with E-state index >= 15 is 0 Å². The second-order valence-electron chi connectivity index (χ2n) is 6.78. The van der Waals surface area contributed by atoms with Gasteiger partial charge in [0.25, 0.3) is 0 Å². The lowest BCUT2D eigenvalue weighted by atomic mass is 10.1. The van der Waals surface area contributed by atoms with Crippen molar-refractivity contribution in [2.45, 2.75) is 61.3 Å². The Kier molecular flexibility index (Phi) is 7.20. The van der Waals surface area contributed by atoms with Gasteiger partial charge in [-0.05, 0) is 43.4 Å². The molecule has 2 aromatic rings. The summed E-state index contributed by atoms with van der Waals surface area (Å²) in [5.74, 6) is 1.30. The van der Waals surface area contributed by atoms with E-state index in [0.717, 1.165) is 23.2 Å². The Hall–Kier alpha value is -0.580. The number of thioether (sulfide) groups is 2. The first kappa shape index (κ1) is 19.2. The standard InChI is InChI=1S/C20H27ClN2S2/c1-2-3-4-19-15-24-20(25-19,11-13-23-14-12-22-16-23)10-9-17-5-7-18(21)8-6-17/h5-8,12,14,16,19H,2-4,9-11,13,15H2,1H3. The molecule has 1 aromatic carbocycles. The SMILES string of the molecule is CCCCC1CSC(CCc2ccc(Cl)cc2)(CCn2ccnc2)S1. The first-order valence-corrected chi connectivity index (χ1v) is 11.5. The number of aromatic nitrogens is 2. The van der Waals surface area contributed by atoms with Gasteiger partial charge in [0.05, 0.1) is 10.4 Å². The Balaban J connectivity index is 1.62. The largest absolute Gasteiger partial charge is 0.337 e. The summed E-state index contributed by atoms with van der Waals surface area (Å²) in [5, 5.41) is 1.64. The molecule has 2 unspecified atom stereocenters. The molecule has 2 nitrogen and oxygen atoms in total. The highest BCUT2D eigenvalue weighted by molar-refractivity contribution is 8.21. The molecule has 3 rings (SSSR count). The molecule has 0 radical (unpaired) electrons. The van der Waals surface area contributed by atoms with Crippen molar-refractivity contribution in [3.8, 4) is 0 Å². The van der Waals surface area contributed by atoms with Gasteiger partial charge in [-0.1, -0.05) is 43.5 Å². The Morgan fingerprint density at radius 1 is 1.28 bits per heavy atom. The van der Waals surface area contributed by atoms with E-state index in [0.29, 0.717) is 4.08 Å². The van der Waals surface area contributed by atoms with E-state index in [-0.39, 0.29) is 0 Å². The molecule has 1 saturated heterocycles. The van der Waals surface area contributed by atoms with Crippen LogP contribution in [0.25, 0.3) is 0 Å². The zero-order chi connectivity index (χ0) is 17.5. The van der Waals surface area contributed by atoms with E-state index in [1.807, 2.05) is 24.7 Å². The predicted octanol–water partition coefficient (Wildman–Crippen LogP) is 6.29. The fourth-order valence-corrected chi connectivity index (χ4v) is 7.23. The molecule has 136 valence electrons. The van der Waals surface area contributed by atoms with E-state index in [2.05, 4.69) is 58.3 Å². The maximum Gasteiger partial charge on any atom is 0.0945 e. The van der Waals surface area contributed by atoms with Crippen molar-refractivity contribution in [2.24, 2.45) is 0 Å². The van der Waals surface area contributed by atoms with Crippen LogP contribution in [0.1, 0.15) is 44.6 Å². The minimum Gasteiger partial charge on any atom is -0.337 e. The topological polar surface area (TPSA) is 17.8 Å². The molecule has 2 heterocycles. The summed E-state index contributed by atoms with van der Waals surface area (Å²) in [4.78, 5) is 4.18. The number of hydrogen-bond donors (Lipinski definition) is 0. The van der Waals surface area contributed by atoms with Gasteiger partial charge in [-0.15, -0.1) is 23.5 Å². The molecule has 0 saturated carbocycles. The van der Waals surface area contributed by atoms with Gasteiger partial charge in [0, 0.05) is 35.0 Å². The van der Waals surface area contributed by atoms with Crippen LogP contribution < -0.4 is 0 Å². The molecule has 0 amide bonds.